The van der Waals surface area contributed by atoms with Crippen molar-refractivity contribution >= 4 is 46.2 Å². The van der Waals surface area contributed by atoms with E-state index in [4.69, 9.17) is 10.5 Å². The van der Waals surface area contributed by atoms with Gasteiger partial charge in [-0.25, -0.2) is 9.98 Å². The molecule has 4 rings (SSSR count). The first-order chi connectivity index (χ1) is 18.4. The van der Waals surface area contributed by atoms with Gasteiger partial charge in [0.1, 0.15) is 11.6 Å². The highest BCUT2D eigenvalue weighted by molar-refractivity contribution is 7.98. The fraction of sp³-hybridized carbons (Fsp3) is 0.379. The number of amidine groups is 1. The Morgan fingerprint density at radius 1 is 1.16 bits per heavy atom. The maximum Gasteiger partial charge on any atom is 0.261 e. The van der Waals surface area contributed by atoms with E-state index in [-0.39, 0.29) is 17.9 Å². The van der Waals surface area contributed by atoms with E-state index in [0.29, 0.717) is 53.4 Å². The van der Waals surface area contributed by atoms with Gasteiger partial charge >= 0.3 is 0 Å². The van der Waals surface area contributed by atoms with Crippen molar-refractivity contribution in [2.75, 3.05) is 32.2 Å². The molecule has 3 aromatic rings. The first kappa shape index (κ1) is 27.4. The van der Waals surface area contributed by atoms with Crippen molar-refractivity contribution in [1.29, 1.82) is 0 Å². The lowest BCUT2D eigenvalue weighted by Gasteiger charge is -2.22. The molecular weight excluding hydrogens is 498 g/mol. The summed E-state index contributed by atoms with van der Waals surface area (Å²) in [7, 11) is 1.60. The largest absolute Gasteiger partial charge is 0.496 e. The summed E-state index contributed by atoms with van der Waals surface area (Å²) in [6.45, 7) is 6.15. The van der Waals surface area contributed by atoms with Crippen molar-refractivity contribution in [1.82, 2.24) is 14.5 Å². The number of aromatic nitrogens is 2. The van der Waals surface area contributed by atoms with Crippen molar-refractivity contribution in [3.8, 4) is 16.9 Å². The van der Waals surface area contributed by atoms with Gasteiger partial charge in [-0.15, -0.1) is 0 Å². The Labute approximate surface area is 227 Å². The van der Waals surface area contributed by atoms with Gasteiger partial charge < -0.3 is 15.4 Å². The van der Waals surface area contributed by atoms with Crippen molar-refractivity contribution in [2.24, 2.45) is 10.7 Å². The summed E-state index contributed by atoms with van der Waals surface area (Å²) in [6.07, 6.45) is 7.53. The van der Waals surface area contributed by atoms with Crippen LogP contribution in [0, 0.1) is 0 Å². The number of ether oxygens (including phenoxy) is 1. The quantitative estimate of drug-likeness (QED) is 0.399. The summed E-state index contributed by atoms with van der Waals surface area (Å²) in [5, 5.41) is 0.580. The molecule has 1 aromatic heterocycles. The molecule has 0 spiro atoms. The summed E-state index contributed by atoms with van der Waals surface area (Å²) in [5.41, 5.74) is 10.6. The first-order valence-corrected chi connectivity index (χ1v) is 14.3. The molecule has 0 radical (unpaired) electrons. The molecule has 8 nitrogen and oxygen atoms in total. The number of nitrogens with zero attached hydrogens (tertiary/aromatic N) is 4. The molecule has 1 aliphatic rings. The van der Waals surface area contributed by atoms with Gasteiger partial charge in [0.05, 0.1) is 30.0 Å². The molecule has 0 atom stereocenters. The van der Waals surface area contributed by atoms with Gasteiger partial charge in [-0.2, -0.15) is 11.8 Å². The molecule has 2 heterocycles. The van der Waals surface area contributed by atoms with Gasteiger partial charge in [0.15, 0.2) is 0 Å². The summed E-state index contributed by atoms with van der Waals surface area (Å²) in [6, 6.07) is 9.49. The highest BCUT2D eigenvalue weighted by Gasteiger charge is 2.23. The molecule has 1 aliphatic heterocycles. The molecule has 2 N–H and O–H groups in total. The molecule has 0 fully saturated rings. The van der Waals surface area contributed by atoms with E-state index in [1.807, 2.05) is 47.6 Å². The number of carbonyl (C=O) groups excluding carboxylic acids is 1. The van der Waals surface area contributed by atoms with E-state index in [2.05, 4.69) is 23.8 Å². The van der Waals surface area contributed by atoms with Crippen molar-refractivity contribution < 1.29 is 9.53 Å². The number of amides is 1. The van der Waals surface area contributed by atoms with Crippen LogP contribution in [0.4, 0.5) is 5.69 Å². The average Bonchev–Trinajstić information content (AvgIpc) is 3.09. The van der Waals surface area contributed by atoms with E-state index in [1.165, 1.54) is 0 Å². The second-order valence-electron chi connectivity index (χ2n) is 9.32. The number of methoxy groups -OCH3 is 1. The van der Waals surface area contributed by atoms with Crippen LogP contribution >= 0.6 is 11.8 Å². The minimum Gasteiger partial charge on any atom is -0.496 e. The first-order valence-electron chi connectivity index (χ1n) is 12.9. The summed E-state index contributed by atoms with van der Waals surface area (Å²) < 4.78 is 7.41. The molecule has 0 saturated carbocycles. The predicted octanol–water partition coefficient (Wildman–Crippen LogP) is 4.86. The minimum absolute atomic E-state index is 0.0189. The van der Waals surface area contributed by atoms with E-state index in [9.17, 15) is 9.59 Å². The lowest BCUT2D eigenvalue weighted by atomic mass is 9.99. The van der Waals surface area contributed by atoms with Crippen LogP contribution in [0.1, 0.15) is 38.7 Å². The van der Waals surface area contributed by atoms with E-state index >= 15 is 0 Å². The van der Waals surface area contributed by atoms with Crippen LogP contribution in [0.5, 0.6) is 5.75 Å². The van der Waals surface area contributed by atoms with Crippen molar-refractivity contribution in [3.05, 3.63) is 58.1 Å². The van der Waals surface area contributed by atoms with Gasteiger partial charge in [0.2, 0.25) is 5.91 Å². The maximum atomic E-state index is 13.4. The fourth-order valence-electron chi connectivity index (χ4n) is 4.68. The highest BCUT2D eigenvalue weighted by atomic mass is 32.2. The smallest absolute Gasteiger partial charge is 0.261 e. The lowest BCUT2D eigenvalue weighted by molar-refractivity contribution is -0.127. The van der Waals surface area contributed by atoms with Crippen LogP contribution in [0.15, 0.2) is 52.0 Å². The Morgan fingerprint density at radius 3 is 2.61 bits per heavy atom. The number of carbonyl (C=O) groups is 1. The molecule has 200 valence electrons. The number of rotatable bonds is 10. The molecule has 0 unspecified atom stereocenters. The third-order valence-corrected chi connectivity index (χ3v) is 7.13. The van der Waals surface area contributed by atoms with Crippen molar-refractivity contribution in [3.63, 3.8) is 0 Å². The molecule has 1 amide bonds. The Balaban J connectivity index is 1.77. The number of fused-ring (bicyclic) bond motifs is 2. The van der Waals surface area contributed by atoms with Crippen LogP contribution in [0.2, 0.25) is 0 Å². The SMILES string of the molecule is CCCN(CCC)C(=O)C1=Cc2c(cc(-c3ccc4c(=O)n(CCSC)cnc4c3)cc2OC)N=C(N)C1. The zero-order valence-corrected chi connectivity index (χ0v) is 23.3. The fourth-order valence-corrected chi connectivity index (χ4v) is 5.06. The number of thioether (sulfide) groups is 1. The predicted molar refractivity (Wildman–Crippen MR) is 157 cm³/mol. The Bertz CT molecular complexity index is 1450. The van der Waals surface area contributed by atoms with Gasteiger partial charge in [0.25, 0.3) is 5.56 Å². The Morgan fingerprint density at radius 2 is 1.92 bits per heavy atom. The Hall–Kier alpha value is -3.59. The number of benzene rings is 2. The van der Waals surface area contributed by atoms with Crippen LogP contribution in [0.3, 0.4) is 0 Å². The second kappa shape index (κ2) is 12.3. The molecule has 9 heteroatoms. The molecule has 0 bridgehead atoms. The Kier molecular flexibility index (Phi) is 8.89. The summed E-state index contributed by atoms with van der Waals surface area (Å²) in [4.78, 5) is 37.3. The van der Waals surface area contributed by atoms with Crippen LogP contribution < -0.4 is 16.0 Å². The number of nitrogens with two attached hydrogens (primary N) is 1. The topological polar surface area (TPSA) is 103 Å². The summed E-state index contributed by atoms with van der Waals surface area (Å²) in [5.74, 6) is 1.80. The molecule has 0 saturated heterocycles. The highest BCUT2D eigenvalue weighted by Crippen LogP contribution is 2.39. The van der Waals surface area contributed by atoms with Gasteiger partial charge in [-0.05, 0) is 60.6 Å². The van der Waals surface area contributed by atoms with E-state index < -0.39 is 0 Å². The van der Waals surface area contributed by atoms with E-state index in [1.54, 1.807) is 29.8 Å². The zero-order valence-electron chi connectivity index (χ0n) is 22.5. The van der Waals surface area contributed by atoms with Crippen LogP contribution in [-0.4, -0.2) is 58.4 Å². The third kappa shape index (κ3) is 5.78. The summed E-state index contributed by atoms with van der Waals surface area (Å²) >= 11 is 1.69. The third-order valence-electron chi connectivity index (χ3n) is 6.54. The number of hydrogen-bond donors (Lipinski definition) is 1. The molecular formula is C29H35N5O3S. The van der Waals surface area contributed by atoms with Crippen LogP contribution in [-0.2, 0) is 11.3 Å². The standard InChI is InChI=1S/C29H35N5O3S/c1-5-9-33(10-6-2)28(35)21-13-23-25(32-27(30)17-21)15-20(16-26(23)37-3)19-7-8-22-24(14-19)31-18-34(29(22)36)11-12-38-4/h7-8,13-16,18H,5-6,9-12,17H2,1-4H3,(H2,30,32). The molecule has 38 heavy (non-hydrogen) atoms. The maximum absolute atomic E-state index is 13.4. The monoisotopic (exact) mass is 533 g/mol. The van der Waals surface area contributed by atoms with E-state index in [0.717, 1.165) is 35.3 Å². The molecule has 2 aromatic carbocycles. The zero-order chi connectivity index (χ0) is 27.2. The molecule has 0 aliphatic carbocycles. The van der Waals surface area contributed by atoms with Gasteiger partial charge in [0, 0.05) is 42.9 Å². The van der Waals surface area contributed by atoms with Crippen LogP contribution in [0.25, 0.3) is 28.1 Å². The van der Waals surface area contributed by atoms with Gasteiger partial charge in [-0.1, -0.05) is 19.9 Å². The normalized spacial score (nSPS) is 12.9. The number of aliphatic imine (C=N–C) groups is 1. The second-order valence-corrected chi connectivity index (χ2v) is 10.3. The average molecular weight is 534 g/mol. The number of aryl methyl sites for hydroxylation is 1. The number of hydrogen-bond acceptors (Lipinski definition) is 7. The van der Waals surface area contributed by atoms with Crippen molar-refractivity contribution in [2.45, 2.75) is 39.7 Å². The minimum atomic E-state index is -0.0463. The lowest BCUT2D eigenvalue weighted by Crippen LogP contribution is -2.34. The van der Waals surface area contributed by atoms with Gasteiger partial charge in [-0.3, -0.25) is 14.2 Å².